The maximum atomic E-state index is 14.5. The first-order valence-corrected chi connectivity index (χ1v) is 15.6. The van der Waals surface area contributed by atoms with Crippen molar-refractivity contribution < 1.29 is 27.9 Å². The van der Waals surface area contributed by atoms with E-state index in [1.807, 2.05) is 25.1 Å². The number of hydrogen-bond acceptors (Lipinski definition) is 3. The van der Waals surface area contributed by atoms with Crippen LogP contribution in [0.1, 0.15) is 117 Å². The number of carboxylic acid groups (broad SMARTS) is 1. The third-order valence-electron chi connectivity index (χ3n) is 9.05. The topological polar surface area (TPSA) is 72.2 Å². The van der Waals surface area contributed by atoms with E-state index in [9.17, 15) is 27.9 Å². The van der Waals surface area contributed by atoms with Crippen molar-refractivity contribution in [1.82, 2.24) is 9.78 Å². The lowest BCUT2D eigenvalue weighted by atomic mass is 9.73. The maximum Gasteiger partial charge on any atom is 0.433 e. The number of nitrogens with zero attached hydrogens (tertiary/aromatic N) is 2. The Bertz CT molecular complexity index is 1300. The van der Waals surface area contributed by atoms with Gasteiger partial charge in [-0.05, 0) is 105 Å². The van der Waals surface area contributed by atoms with Crippen LogP contribution in [-0.2, 0) is 17.4 Å². The Hall–Kier alpha value is -2.32. The molecule has 1 aromatic heterocycles. The molecule has 4 rings (SSSR count). The number of benzene rings is 1. The largest absolute Gasteiger partial charge is 0.481 e. The molecule has 2 saturated carbocycles. The number of rotatable bonds is 10. The van der Waals surface area contributed by atoms with E-state index < -0.39 is 41.1 Å². The summed E-state index contributed by atoms with van der Waals surface area (Å²) in [6.07, 6.45) is 6.44. The molecule has 2 fully saturated rings. The molecule has 1 heterocycles. The van der Waals surface area contributed by atoms with Crippen molar-refractivity contribution >= 4 is 35.0 Å². The number of aliphatic carboxylic acids is 1. The predicted octanol–water partition coefficient (Wildman–Crippen LogP) is 9.83. The van der Waals surface area contributed by atoms with E-state index in [0.717, 1.165) is 47.7 Å². The summed E-state index contributed by atoms with van der Waals surface area (Å²) in [4.78, 5) is 25.2. The minimum Gasteiger partial charge on any atom is -0.481 e. The second-order valence-electron chi connectivity index (χ2n) is 12.4. The summed E-state index contributed by atoms with van der Waals surface area (Å²) in [6.45, 7) is 4.08. The van der Waals surface area contributed by atoms with Crippen LogP contribution in [0.5, 0.6) is 0 Å². The Kier molecular flexibility index (Phi) is 10.5. The van der Waals surface area contributed by atoms with Gasteiger partial charge in [0.1, 0.15) is 0 Å². The van der Waals surface area contributed by atoms with Crippen molar-refractivity contribution in [2.24, 2.45) is 11.3 Å². The molecule has 2 aliphatic carbocycles. The highest BCUT2D eigenvalue weighted by molar-refractivity contribution is 6.36. The van der Waals surface area contributed by atoms with E-state index in [1.54, 1.807) is 0 Å². The number of carbonyl (C=O) groups is 2. The molecule has 0 amide bonds. The highest BCUT2D eigenvalue weighted by Gasteiger charge is 2.43. The minimum absolute atomic E-state index is 0.00711. The van der Waals surface area contributed by atoms with Crippen LogP contribution in [0.25, 0.3) is 0 Å². The fourth-order valence-corrected chi connectivity index (χ4v) is 7.32. The normalized spacial score (nSPS) is 21.4. The summed E-state index contributed by atoms with van der Waals surface area (Å²) in [6, 6.07) is 3.03. The lowest BCUT2D eigenvalue weighted by Crippen LogP contribution is -2.27. The van der Waals surface area contributed by atoms with E-state index in [2.05, 4.69) is 12.0 Å². The van der Waals surface area contributed by atoms with Gasteiger partial charge in [0.25, 0.3) is 0 Å². The quantitative estimate of drug-likeness (QED) is 0.210. The van der Waals surface area contributed by atoms with Gasteiger partial charge in [0, 0.05) is 10.0 Å². The van der Waals surface area contributed by atoms with Gasteiger partial charge < -0.3 is 5.11 Å². The number of hydrogen-bond donors (Lipinski definition) is 1. The average Bonchev–Trinajstić information content (AvgIpc) is 3.38. The van der Waals surface area contributed by atoms with Crippen molar-refractivity contribution in [3.8, 4) is 0 Å². The third kappa shape index (κ3) is 7.79. The number of allylic oxidation sites excluding steroid dienone is 2. The van der Waals surface area contributed by atoms with Crippen LogP contribution < -0.4 is 0 Å². The lowest BCUT2D eigenvalue weighted by molar-refractivity contribution is -0.147. The predicted molar refractivity (Wildman–Crippen MR) is 158 cm³/mol. The molecule has 1 N–H and O–H groups in total. The smallest absolute Gasteiger partial charge is 0.433 e. The monoisotopic (exact) mass is 626 g/mol. The Morgan fingerprint density at radius 3 is 2.29 bits per heavy atom. The van der Waals surface area contributed by atoms with Crippen LogP contribution in [0, 0.1) is 18.3 Å². The first-order valence-electron chi connectivity index (χ1n) is 14.8. The number of alkyl halides is 3. The van der Waals surface area contributed by atoms with Gasteiger partial charge in [-0.2, -0.15) is 18.3 Å². The molecule has 5 nitrogen and oxygen atoms in total. The number of ketones is 1. The van der Waals surface area contributed by atoms with Crippen molar-refractivity contribution in [1.29, 1.82) is 0 Å². The summed E-state index contributed by atoms with van der Waals surface area (Å²) < 4.78 is 44.4. The Morgan fingerprint density at radius 1 is 1.10 bits per heavy atom. The minimum atomic E-state index is -4.80. The van der Waals surface area contributed by atoms with Crippen LogP contribution in [0.15, 0.2) is 30.0 Å². The molecule has 42 heavy (non-hydrogen) atoms. The van der Waals surface area contributed by atoms with E-state index in [0.29, 0.717) is 34.9 Å². The number of aryl methyl sites for hydroxylation is 1. The molecule has 0 unspecified atom stereocenters. The van der Waals surface area contributed by atoms with Gasteiger partial charge in [-0.15, -0.1) is 0 Å². The van der Waals surface area contributed by atoms with Crippen molar-refractivity contribution in [2.45, 2.75) is 110 Å². The fourth-order valence-electron chi connectivity index (χ4n) is 6.54. The van der Waals surface area contributed by atoms with E-state index in [1.165, 1.54) is 6.42 Å². The van der Waals surface area contributed by atoms with Gasteiger partial charge in [-0.3, -0.25) is 14.3 Å². The molecule has 0 aliphatic heterocycles. The summed E-state index contributed by atoms with van der Waals surface area (Å²) in [7, 11) is 0. The molecule has 0 atom stereocenters. The van der Waals surface area contributed by atoms with Crippen LogP contribution in [0.2, 0.25) is 10.0 Å². The van der Waals surface area contributed by atoms with Crippen molar-refractivity contribution in [3.63, 3.8) is 0 Å². The van der Waals surface area contributed by atoms with E-state index in [4.69, 9.17) is 23.2 Å². The second kappa shape index (κ2) is 13.5. The zero-order valence-corrected chi connectivity index (χ0v) is 25.7. The second-order valence-corrected chi connectivity index (χ2v) is 13.2. The van der Waals surface area contributed by atoms with E-state index >= 15 is 0 Å². The molecule has 2 aromatic rings. The SMILES string of the molecule is Cc1cc(Cl)c(CCC/C(=C/CC2(C)CCCCC2)C(=O)c2cnn(C3CCC(C(=O)O)CC3)c2C(F)(F)F)c(Cl)c1. The number of carboxylic acids is 1. The standard InChI is InChI=1S/C32H39Cl2F3N2O3/c1-20-17-26(33)24(27(34)18-20)8-6-7-21(13-16-31(2)14-4-3-5-15-31)28(40)25-19-38-39(29(25)32(35,36)37)23-11-9-22(10-12-23)30(41)42/h13,17-19,22-23H,3-12,14-16H2,1-2H3,(H,41,42)/b21-13-. The van der Waals surface area contributed by atoms with Gasteiger partial charge in [-0.1, -0.05) is 55.5 Å². The maximum absolute atomic E-state index is 14.5. The zero-order valence-electron chi connectivity index (χ0n) is 24.2. The lowest BCUT2D eigenvalue weighted by Gasteiger charge is -2.32. The van der Waals surface area contributed by atoms with Crippen molar-refractivity contribution in [2.75, 3.05) is 0 Å². The molecular weight excluding hydrogens is 588 g/mol. The number of Topliss-reactive ketones (excluding diaryl/α,β-unsaturated/α-hetero) is 1. The molecule has 1 aromatic carbocycles. The fraction of sp³-hybridized carbons (Fsp3) is 0.594. The number of carbonyl (C=O) groups excluding carboxylic acids is 1. The Morgan fingerprint density at radius 2 is 1.71 bits per heavy atom. The summed E-state index contributed by atoms with van der Waals surface area (Å²) >= 11 is 12.9. The molecular formula is C32H39Cl2F3N2O3. The van der Waals surface area contributed by atoms with Gasteiger partial charge in [-0.25, -0.2) is 0 Å². The summed E-state index contributed by atoms with van der Waals surface area (Å²) in [5, 5.41) is 14.4. The number of halogens is 5. The molecule has 0 saturated heterocycles. The first-order chi connectivity index (χ1) is 19.8. The molecule has 2 aliphatic rings. The average molecular weight is 628 g/mol. The summed E-state index contributed by atoms with van der Waals surface area (Å²) in [5.41, 5.74) is 0.544. The zero-order chi connectivity index (χ0) is 30.7. The van der Waals surface area contributed by atoms with Gasteiger partial charge in [0.15, 0.2) is 11.5 Å². The van der Waals surface area contributed by atoms with Gasteiger partial charge in [0.2, 0.25) is 0 Å². The van der Waals surface area contributed by atoms with Crippen LogP contribution in [0.4, 0.5) is 13.2 Å². The van der Waals surface area contributed by atoms with Crippen molar-refractivity contribution in [3.05, 3.63) is 62.4 Å². The molecule has 0 radical (unpaired) electrons. The van der Waals surface area contributed by atoms with Gasteiger partial charge in [0.05, 0.1) is 23.7 Å². The Labute approximate surface area is 255 Å². The van der Waals surface area contributed by atoms with Crippen LogP contribution >= 0.6 is 23.2 Å². The Balaban J connectivity index is 1.62. The van der Waals surface area contributed by atoms with E-state index in [-0.39, 0.29) is 37.5 Å². The van der Waals surface area contributed by atoms with Gasteiger partial charge >= 0.3 is 12.1 Å². The highest BCUT2D eigenvalue weighted by Crippen LogP contribution is 2.42. The highest BCUT2D eigenvalue weighted by atomic mass is 35.5. The molecule has 0 bridgehead atoms. The van der Waals surface area contributed by atoms with Crippen LogP contribution in [-0.4, -0.2) is 26.6 Å². The molecule has 0 spiro atoms. The first kappa shape index (κ1) is 32.6. The third-order valence-corrected chi connectivity index (χ3v) is 9.73. The van der Waals surface area contributed by atoms with Crippen LogP contribution in [0.3, 0.4) is 0 Å². The molecule has 10 heteroatoms. The molecule has 230 valence electrons. The number of aromatic nitrogens is 2. The summed E-state index contributed by atoms with van der Waals surface area (Å²) in [5.74, 6) is -2.16.